The quantitative estimate of drug-likeness (QED) is 0.491. The fraction of sp³-hybridized carbons (Fsp3) is 0. The van der Waals surface area contributed by atoms with Crippen molar-refractivity contribution >= 4 is 31.5 Å². The maximum absolute atomic E-state index is 10.4. The van der Waals surface area contributed by atoms with Crippen LogP contribution >= 0.6 is 11.3 Å². The van der Waals surface area contributed by atoms with Gasteiger partial charge in [0.05, 0.1) is 0 Å². The molecule has 0 amide bonds. The van der Waals surface area contributed by atoms with E-state index in [1.807, 2.05) is 36.4 Å². The van der Waals surface area contributed by atoms with Crippen molar-refractivity contribution in [2.45, 2.75) is 0 Å². The predicted octanol–water partition coefficient (Wildman–Crippen LogP) is 5.43. The average molecular weight is 276 g/mol. The third kappa shape index (κ3) is 1.69. The number of phenolic OH excluding ortho intramolecular Hbond substituents is 1. The van der Waals surface area contributed by atoms with Crippen LogP contribution in [0, 0.1) is 0 Å². The van der Waals surface area contributed by atoms with Gasteiger partial charge < -0.3 is 5.11 Å². The van der Waals surface area contributed by atoms with Crippen molar-refractivity contribution in [1.82, 2.24) is 0 Å². The Balaban J connectivity index is 2.06. The molecule has 1 heterocycles. The van der Waals surface area contributed by atoms with Gasteiger partial charge in [-0.1, -0.05) is 48.5 Å². The zero-order valence-corrected chi connectivity index (χ0v) is 11.5. The van der Waals surface area contributed by atoms with E-state index >= 15 is 0 Å². The van der Waals surface area contributed by atoms with Crippen LogP contribution in [0.5, 0.6) is 5.75 Å². The molecule has 1 N–H and O–H groups in total. The van der Waals surface area contributed by atoms with E-state index in [1.165, 1.54) is 4.70 Å². The van der Waals surface area contributed by atoms with Crippen LogP contribution in [-0.4, -0.2) is 5.11 Å². The number of phenols is 1. The van der Waals surface area contributed by atoms with Gasteiger partial charge in [0.25, 0.3) is 0 Å². The van der Waals surface area contributed by atoms with Crippen molar-refractivity contribution in [1.29, 1.82) is 0 Å². The van der Waals surface area contributed by atoms with E-state index in [1.54, 1.807) is 11.3 Å². The number of aromatic hydroxyl groups is 1. The van der Waals surface area contributed by atoms with Crippen LogP contribution in [0.15, 0.2) is 66.7 Å². The van der Waals surface area contributed by atoms with Crippen molar-refractivity contribution in [3.63, 3.8) is 0 Å². The van der Waals surface area contributed by atoms with Crippen molar-refractivity contribution in [3.8, 4) is 16.9 Å². The summed E-state index contributed by atoms with van der Waals surface area (Å²) in [6, 6.07) is 22.4. The molecule has 1 nitrogen and oxygen atoms in total. The van der Waals surface area contributed by atoms with E-state index in [9.17, 15) is 5.11 Å². The van der Waals surface area contributed by atoms with Gasteiger partial charge in [0.2, 0.25) is 0 Å². The summed E-state index contributed by atoms with van der Waals surface area (Å²) in [6.45, 7) is 0. The molecule has 96 valence electrons. The molecule has 0 atom stereocenters. The molecule has 3 aromatic carbocycles. The van der Waals surface area contributed by atoms with E-state index in [-0.39, 0.29) is 0 Å². The number of rotatable bonds is 1. The van der Waals surface area contributed by atoms with Gasteiger partial charge in [-0.3, -0.25) is 0 Å². The molecule has 20 heavy (non-hydrogen) atoms. The lowest BCUT2D eigenvalue weighted by Crippen LogP contribution is -1.77. The molecular formula is C18H12OS. The summed E-state index contributed by atoms with van der Waals surface area (Å²) < 4.78 is 2.34. The Morgan fingerprint density at radius 3 is 2.30 bits per heavy atom. The van der Waals surface area contributed by atoms with Crippen LogP contribution in [0.2, 0.25) is 0 Å². The molecule has 0 saturated heterocycles. The molecule has 0 fully saturated rings. The molecular weight excluding hydrogens is 264 g/mol. The first kappa shape index (κ1) is 11.5. The standard InChI is InChI=1S/C18H12OS/c19-15-10-13(12-6-2-1-3-7-12)11-17-18(15)14-8-4-5-9-16(14)20-17/h1-11,19H. The van der Waals surface area contributed by atoms with Gasteiger partial charge in [-0.05, 0) is 29.3 Å². The van der Waals surface area contributed by atoms with Crippen LogP contribution in [0.1, 0.15) is 0 Å². The largest absolute Gasteiger partial charge is 0.507 e. The maximum Gasteiger partial charge on any atom is 0.125 e. The molecule has 0 bridgehead atoms. The van der Waals surface area contributed by atoms with Crippen molar-refractivity contribution in [2.75, 3.05) is 0 Å². The van der Waals surface area contributed by atoms with Gasteiger partial charge in [0, 0.05) is 20.2 Å². The Labute approximate surface area is 120 Å². The lowest BCUT2D eigenvalue weighted by Gasteiger charge is -2.04. The van der Waals surface area contributed by atoms with Crippen molar-refractivity contribution < 1.29 is 5.11 Å². The van der Waals surface area contributed by atoms with Crippen LogP contribution in [0.4, 0.5) is 0 Å². The van der Waals surface area contributed by atoms with Crippen LogP contribution in [0.25, 0.3) is 31.3 Å². The van der Waals surface area contributed by atoms with Crippen LogP contribution < -0.4 is 0 Å². The third-order valence-electron chi connectivity index (χ3n) is 3.56. The van der Waals surface area contributed by atoms with Gasteiger partial charge >= 0.3 is 0 Å². The number of fused-ring (bicyclic) bond motifs is 3. The minimum atomic E-state index is 0.360. The Morgan fingerprint density at radius 1 is 0.700 bits per heavy atom. The predicted molar refractivity (Wildman–Crippen MR) is 86.4 cm³/mol. The second-order valence-electron chi connectivity index (χ2n) is 4.83. The Hall–Kier alpha value is -2.32. The normalized spacial score (nSPS) is 11.2. The summed E-state index contributed by atoms with van der Waals surface area (Å²) in [5, 5.41) is 12.5. The topological polar surface area (TPSA) is 20.2 Å². The molecule has 1 aromatic heterocycles. The second-order valence-corrected chi connectivity index (χ2v) is 5.92. The molecule has 4 rings (SSSR count). The first-order valence-electron chi connectivity index (χ1n) is 6.52. The van der Waals surface area contributed by atoms with Gasteiger partial charge in [-0.15, -0.1) is 11.3 Å². The Morgan fingerprint density at radius 2 is 1.45 bits per heavy atom. The number of hydrogen-bond donors (Lipinski definition) is 1. The molecule has 0 spiro atoms. The maximum atomic E-state index is 10.4. The molecule has 0 aliphatic heterocycles. The first-order chi connectivity index (χ1) is 9.83. The van der Waals surface area contributed by atoms with Crippen molar-refractivity contribution in [3.05, 3.63) is 66.7 Å². The molecule has 0 saturated carbocycles. The Bertz CT molecular complexity index is 907. The SMILES string of the molecule is Oc1cc(-c2ccccc2)cc2sc3ccccc3c12. The summed E-state index contributed by atoms with van der Waals surface area (Å²) in [7, 11) is 0. The summed E-state index contributed by atoms with van der Waals surface area (Å²) in [6.07, 6.45) is 0. The Kier molecular flexibility index (Phi) is 2.51. The van der Waals surface area contributed by atoms with E-state index in [4.69, 9.17) is 0 Å². The highest BCUT2D eigenvalue weighted by Gasteiger charge is 2.11. The summed E-state index contributed by atoms with van der Waals surface area (Å²) >= 11 is 1.72. The van der Waals surface area contributed by atoms with E-state index < -0.39 is 0 Å². The van der Waals surface area contributed by atoms with E-state index in [2.05, 4.69) is 30.3 Å². The second kappa shape index (κ2) is 4.36. The summed E-state index contributed by atoms with van der Waals surface area (Å²) in [4.78, 5) is 0. The highest BCUT2D eigenvalue weighted by Crippen LogP contribution is 2.41. The van der Waals surface area contributed by atoms with Crippen LogP contribution in [-0.2, 0) is 0 Å². The van der Waals surface area contributed by atoms with Gasteiger partial charge in [0.1, 0.15) is 5.75 Å². The monoisotopic (exact) mass is 276 g/mol. The minimum absolute atomic E-state index is 0.360. The number of benzene rings is 3. The lowest BCUT2D eigenvalue weighted by molar-refractivity contribution is 0.482. The molecule has 4 aromatic rings. The fourth-order valence-corrected chi connectivity index (χ4v) is 3.80. The van der Waals surface area contributed by atoms with Crippen molar-refractivity contribution in [2.24, 2.45) is 0 Å². The average Bonchev–Trinajstić information content (AvgIpc) is 2.87. The summed E-state index contributed by atoms with van der Waals surface area (Å²) in [5.74, 6) is 0.360. The lowest BCUT2D eigenvalue weighted by atomic mass is 10.0. The zero-order chi connectivity index (χ0) is 13.5. The molecule has 0 aliphatic rings. The van der Waals surface area contributed by atoms with E-state index in [0.717, 1.165) is 26.6 Å². The van der Waals surface area contributed by atoms with Crippen LogP contribution in [0.3, 0.4) is 0 Å². The van der Waals surface area contributed by atoms with Gasteiger partial charge in [0.15, 0.2) is 0 Å². The highest BCUT2D eigenvalue weighted by molar-refractivity contribution is 7.25. The number of thiophene rings is 1. The van der Waals surface area contributed by atoms with Gasteiger partial charge in [-0.25, -0.2) is 0 Å². The van der Waals surface area contributed by atoms with Gasteiger partial charge in [-0.2, -0.15) is 0 Å². The first-order valence-corrected chi connectivity index (χ1v) is 7.34. The molecule has 0 radical (unpaired) electrons. The summed E-state index contributed by atoms with van der Waals surface area (Å²) in [5.41, 5.74) is 2.18. The highest BCUT2D eigenvalue weighted by atomic mass is 32.1. The molecule has 0 unspecified atom stereocenters. The minimum Gasteiger partial charge on any atom is -0.507 e. The fourth-order valence-electron chi connectivity index (χ4n) is 2.63. The third-order valence-corrected chi connectivity index (χ3v) is 4.68. The smallest absolute Gasteiger partial charge is 0.125 e. The number of hydrogen-bond acceptors (Lipinski definition) is 2. The molecule has 0 aliphatic carbocycles. The van der Waals surface area contributed by atoms with E-state index in [0.29, 0.717) is 5.75 Å². The molecule has 2 heteroatoms. The zero-order valence-electron chi connectivity index (χ0n) is 10.7.